The highest BCUT2D eigenvalue weighted by Crippen LogP contribution is 2.24. The molecule has 1 aromatic heterocycles. The van der Waals surface area contributed by atoms with E-state index in [1.807, 2.05) is 61.5 Å². The minimum absolute atomic E-state index is 0.106. The molecule has 1 amide bonds. The number of carbonyl (C=O) groups is 2. The summed E-state index contributed by atoms with van der Waals surface area (Å²) in [5, 5.41) is 3.61. The van der Waals surface area contributed by atoms with Gasteiger partial charge in [0.25, 0.3) is 5.91 Å². The van der Waals surface area contributed by atoms with Crippen molar-refractivity contribution in [1.29, 1.82) is 0 Å². The third kappa shape index (κ3) is 5.60. The first kappa shape index (κ1) is 20.9. The van der Waals surface area contributed by atoms with Crippen LogP contribution >= 0.6 is 11.8 Å². The molecule has 1 heterocycles. The quantitative estimate of drug-likeness (QED) is 0.426. The Balaban J connectivity index is 1.49. The van der Waals surface area contributed by atoms with E-state index in [2.05, 4.69) is 21.8 Å². The van der Waals surface area contributed by atoms with Crippen LogP contribution in [0.2, 0.25) is 0 Å². The van der Waals surface area contributed by atoms with Gasteiger partial charge in [0.15, 0.2) is 11.8 Å². The largest absolute Gasteiger partial charge is 0.455 e. The second-order valence-corrected chi connectivity index (χ2v) is 7.63. The molecule has 7 heteroatoms. The molecule has 152 valence electrons. The molecular weight excluding hydrogens is 386 g/mol. The highest BCUT2D eigenvalue weighted by atomic mass is 32.2. The summed E-state index contributed by atoms with van der Waals surface area (Å²) in [5.41, 5.74) is 2.96. The number of carbonyl (C=O) groups excluding carboxylic acids is 2. The lowest BCUT2D eigenvalue weighted by Gasteiger charge is -2.14. The van der Waals surface area contributed by atoms with E-state index >= 15 is 0 Å². The van der Waals surface area contributed by atoms with Gasteiger partial charge < -0.3 is 14.6 Å². The Morgan fingerprint density at radius 3 is 2.62 bits per heavy atom. The van der Waals surface area contributed by atoms with Crippen LogP contribution in [0.4, 0.5) is 0 Å². The lowest BCUT2D eigenvalue weighted by molar-refractivity contribution is -0.146. The second kappa shape index (κ2) is 10.1. The molecule has 1 atom stereocenters. The number of amides is 1. The van der Waals surface area contributed by atoms with Crippen molar-refractivity contribution in [2.75, 3.05) is 12.4 Å². The van der Waals surface area contributed by atoms with Gasteiger partial charge >= 0.3 is 5.97 Å². The third-order valence-corrected chi connectivity index (χ3v) is 5.38. The molecule has 0 aliphatic rings. The lowest BCUT2D eigenvalue weighted by atomic mass is 10.1. The Morgan fingerprint density at radius 2 is 1.86 bits per heavy atom. The number of fused-ring (bicyclic) bond motifs is 1. The van der Waals surface area contributed by atoms with Crippen LogP contribution in [0.1, 0.15) is 31.9 Å². The number of thioether (sulfide) groups is 1. The van der Waals surface area contributed by atoms with Gasteiger partial charge in [0.2, 0.25) is 0 Å². The number of aromatic nitrogens is 2. The fourth-order valence-electron chi connectivity index (χ4n) is 3.02. The number of hydrogen-bond donors (Lipinski definition) is 1. The number of benzene rings is 2. The number of nitrogens with one attached hydrogen (secondary N) is 1. The fraction of sp³-hybridized carbons (Fsp3) is 0.318. The Morgan fingerprint density at radius 1 is 1.14 bits per heavy atom. The van der Waals surface area contributed by atoms with E-state index in [1.54, 1.807) is 0 Å². The van der Waals surface area contributed by atoms with Gasteiger partial charge in [0.1, 0.15) is 0 Å². The summed E-state index contributed by atoms with van der Waals surface area (Å²) in [4.78, 5) is 28.8. The maximum Gasteiger partial charge on any atom is 0.316 e. The molecule has 0 aliphatic heterocycles. The molecule has 0 unspecified atom stereocenters. The minimum Gasteiger partial charge on any atom is -0.455 e. The van der Waals surface area contributed by atoms with Crippen LogP contribution in [-0.4, -0.2) is 33.8 Å². The molecule has 0 spiro atoms. The van der Waals surface area contributed by atoms with Gasteiger partial charge in [-0.3, -0.25) is 9.59 Å². The van der Waals surface area contributed by atoms with Gasteiger partial charge in [0.05, 0.1) is 22.8 Å². The normalized spacial score (nSPS) is 11.9. The summed E-state index contributed by atoms with van der Waals surface area (Å²) in [6.07, 6.45) is 0.970. The molecule has 3 aromatic rings. The molecule has 0 aliphatic carbocycles. The van der Waals surface area contributed by atoms with E-state index in [1.165, 1.54) is 11.8 Å². The van der Waals surface area contributed by atoms with E-state index in [0.717, 1.165) is 34.7 Å². The smallest absolute Gasteiger partial charge is 0.316 e. The Hall–Kier alpha value is -2.80. The second-order valence-electron chi connectivity index (χ2n) is 6.68. The monoisotopic (exact) mass is 411 g/mol. The van der Waals surface area contributed by atoms with E-state index in [4.69, 9.17) is 4.74 Å². The first-order chi connectivity index (χ1) is 14.1. The zero-order valence-corrected chi connectivity index (χ0v) is 17.4. The summed E-state index contributed by atoms with van der Waals surface area (Å²) in [7, 11) is 0. The average Bonchev–Trinajstić information content (AvgIpc) is 3.09. The summed E-state index contributed by atoms with van der Waals surface area (Å²) in [6, 6.07) is 17.4. The standard InChI is InChI=1S/C22H25N3O3S/c1-3-13-25-19-12-8-7-11-18(19)24-22(25)29-15-21(27)28-14-20(26)23-16(2)17-9-5-4-6-10-17/h4-12,16H,3,13-15H2,1-2H3,(H,23,26)/t16-/m1/s1. The summed E-state index contributed by atoms with van der Waals surface area (Å²) < 4.78 is 7.24. The molecule has 0 saturated carbocycles. The average molecular weight is 412 g/mol. The minimum atomic E-state index is -0.437. The maximum absolute atomic E-state index is 12.1. The molecule has 6 nitrogen and oxygen atoms in total. The number of rotatable bonds is 9. The summed E-state index contributed by atoms with van der Waals surface area (Å²) >= 11 is 1.33. The molecule has 0 saturated heterocycles. The van der Waals surface area contributed by atoms with E-state index in [0.29, 0.717) is 0 Å². The van der Waals surface area contributed by atoms with Gasteiger partial charge in [-0.2, -0.15) is 0 Å². The van der Waals surface area contributed by atoms with Gasteiger partial charge in [-0.1, -0.05) is 61.2 Å². The Labute approximate surface area is 174 Å². The number of ether oxygens (including phenoxy) is 1. The summed E-state index contributed by atoms with van der Waals surface area (Å²) in [5.74, 6) is -0.653. The number of imidazole rings is 1. The van der Waals surface area contributed by atoms with Gasteiger partial charge in [-0.25, -0.2) is 4.98 Å². The molecule has 0 bridgehead atoms. The predicted molar refractivity (Wildman–Crippen MR) is 115 cm³/mol. The van der Waals surface area contributed by atoms with Crippen LogP contribution in [0.25, 0.3) is 11.0 Å². The Bertz CT molecular complexity index is 972. The molecule has 3 rings (SSSR count). The third-order valence-electron chi connectivity index (χ3n) is 4.43. The fourth-order valence-corrected chi connectivity index (χ4v) is 3.86. The molecule has 1 N–H and O–H groups in total. The first-order valence-electron chi connectivity index (χ1n) is 9.66. The van der Waals surface area contributed by atoms with Crippen molar-refractivity contribution < 1.29 is 14.3 Å². The van der Waals surface area contributed by atoms with Crippen LogP contribution < -0.4 is 5.32 Å². The van der Waals surface area contributed by atoms with Gasteiger partial charge in [-0.15, -0.1) is 0 Å². The number of nitrogens with zero attached hydrogens (tertiary/aromatic N) is 2. The van der Waals surface area contributed by atoms with Crippen molar-refractivity contribution >= 4 is 34.7 Å². The Kier molecular flexibility index (Phi) is 7.30. The first-order valence-corrected chi connectivity index (χ1v) is 10.6. The van der Waals surface area contributed by atoms with Crippen LogP contribution in [0, 0.1) is 0 Å². The molecule has 29 heavy (non-hydrogen) atoms. The van der Waals surface area contributed by atoms with Crippen molar-refractivity contribution in [3.05, 3.63) is 60.2 Å². The van der Waals surface area contributed by atoms with Gasteiger partial charge in [-0.05, 0) is 31.0 Å². The van der Waals surface area contributed by atoms with Gasteiger partial charge in [0, 0.05) is 6.54 Å². The van der Waals surface area contributed by atoms with Crippen LogP contribution in [-0.2, 0) is 20.9 Å². The summed E-state index contributed by atoms with van der Waals surface area (Å²) in [6.45, 7) is 4.54. The molecule has 0 radical (unpaired) electrons. The highest BCUT2D eigenvalue weighted by molar-refractivity contribution is 7.99. The number of aryl methyl sites for hydroxylation is 1. The van der Waals surface area contributed by atoms with Crippen molar-refractivity contribution in [1.82, 2.24) is 14.9 Å². The lowest BCUT2D eigenvalue weighted by Crippen LogP contribution is -2.31. The van der Waals surface area contributed by atoms with E-state index in [-0.39, 0.29) is 24.3 Å². The van der Waals surface area contributed by atoms with Crippen molar-refractivity contribution in [2.24, 2.45) is 0 Å². The molecular formula is C22H25N3O3S. The highest BCUT2D eigenvalue weighted by Gasteiger charge is 2.15. The SMILES string of the molecule is CCCn1c(SCC(=O)OCC(=O)N[C@H](C)c2ccccc2)nc2ccccc21. The topological polar surface area (TPSA) is 73.2 Å². The van der Waals surface area contributed by atoms with E-state index < -0.39 is 5.97 Å². The zero-order valence-electron chi connectivity index (χ0n) is 16.6. The van der Waals surface area contributed by atoms with Crippen molar-refractivity contribution in [3.8, 4) is 0 Å². The maximum atomic E-state index is 12.1. The predicted octanol–water partition coefficient (Wildman–Crippen LogP) is 3.96. The zero-order chi connectivity index (χ0) is 20.6. The molecule has 2 aromatic carbocycles. The molecule has 0 fully saturated rings. The number of esters is 1. The van der Waals surface area contributed by atoms with Crippen molar-refractivity contribution in [3.63, 3.8) is 0 Å². The van der Waals surface area contributed by atoms with Crippen LogP contribution in [0.3, 0.4) is 0 Å². The number of hydrogen-bond acceptors (Lipinski definition) is 5. The number of para-hydroxylation sites is 2. The van der Waals surface area contributed by atoms with Crippen LogP contribution in [0.5, 0.6) is 0 Å². The van der Waals surface area contributed by atoms with Crippen molar-refractivity contribution in [2.45, 2.75) is 38.0 Å². The van der Waals surface area contributed by atoms with Crippen LogP contribution in [0.15, 0.2) is 59.8 Å². The van der Waals surface area contributed by atoms with E-state index in [9.17, 15) is 9.59 Å².